The second-order valence-electron chi connectivity index (χ2n) is 6.53. The van der Waals surface area contributed by atoms with E-state index in [1.54, 1.807) is 6.08 Å². The predicted molar refractivity (Wildman–Crippen MR) is 113 cm³/mol. The second kappa shape index (κ2) is 8.36. The topological polar surface area (TPSA) is 92.4 Å². The van der Waals surface area contributed by atoms with Gasteiger partial charge in [-0.2, -0.15) is 0 Å². The van der Waals surface area contributed by atoms with Gasteiger partial charge in [0, 0.05) is 15.3 Å². The first-order valence-electron chi connectivity index (χ1n) is 9.04. The third-order valence-electron chi connectivity index (χ3n) is 4.46. The maximum atomic E-state index is 11.6. The summed E-state index contributed by atoms with van der Waals surface area (Å²) in [5, 5.41) is 12.4. The summed E-state index contributed by atoms with van der Waals surface area (Å²) in [5.74, 6) is 0.951. The first-order valence-corrected chi connectivity index (χ1v) is 10.7. The third-order valence-corrected chi connectivity index (χ3v) is 6.40. The number of aliphatic hydroxyl groups is 1. The van der Waals surface area contributed by atoms with Crippen LogP contribution in [0, 0.1) is 6.92 Å². The Labute approximate surface area is 175 Å². The third kappa shape index (κ3) is 4.50. The number of thiophene rings is 1. The lowest BCUT2D eigenvalue weighted by atomic mass is 10.1. The van der Waals surface area contributed by atoms with Crippen molar-refractivity contribution >= 4 is 40.3 Å². The minimum absolute atomic E-state index is 0.365. The van der Waals surface area contributed by atoms with Crippen molar-refractivity contribution in [2.45, 2.75) is 25.9 Å². The van der Waals surface area contributed by atoms with Crippen LogP contribution in [0.4, 0.5) is 4.79 Å². The first kappa shape index (κ1) is 19.6. The van der Waals surface area contributed by atoms with Crippen LogP contribution < -0.4 is 5.32 Å². The number of nitrogens with zero attached hydrogens (tertiary/aromatic N) is 1. The zero-order valence-corrected chi connectivity index (χ0v) is 17.2. The number of nitrogens with one attached hydrogen (secondary N) is 1. The van der Waals surface area contributed by atoms with Gasteiger partial charge in [0.05, 0.1) is 16.7 Å². The Morgan fingerprint density at radius 3 is 2.72 bits per heavy atom. The Morgan fingerprint density at radius 1 is 1.21 bits per heavy atom. The molecule has 1 saturated heterocycles. The van der Waals surface area contributed by atoms with Crippen LogP contribution in [0.2, 0.25) is 0 Å². The zero-order chi connectivity index (χ0) is 20.4. The van der Waals surface area contributed by atoms with Crippen molar-refractivity contribution in [2.75, 3.05) is 0 Å². The van der Waals surface area contributed by atoms with Gasteiger partial charge in [-0.05, 0) is 61.9 Å². The molecule has 3 heterocycles. The average Bonchev–Trinajstić information content (AvgIpc) is 3.40. The van der Waals surface area contributed by atoms with Gasteiger partial charge in [-0.15, -0.1) is 11.3 Å². The molecule has 2 amide bonds. The van der Waals surface area contributed by atoms with Crippen LogP contribution in [0.3, 0.4) is 0 Å². The lowest BCUT2D eigenvalue weighted by molar-refractivity contribution is -0.115. The van der Waals surface area contributed by atoms with Crippen molar-refractivity contribution in [3.8, 4) is 11.5 Å². The van der Waals surface area contributed by atoms with E-state index in [9.17, 15) is 14.7 Å². The minimum atomic E-state index is -0.643. The van der Waals surface area contributed by atoms with Gasteiger partial charge in [-0.3, -0.25) is 14.9 Å². The Kier molecular flexibility index (Phi) is 5.66. The Hall–Kier alpha value is -2.68. The summed E-state index contributed by atoms with van der Waals surface area (Å²) in [6, 6.07) is 13.4. The molecule has 2 aromatic heterocycles. The van der Waals surface area contributed by atoms with E-state index >= 15 is 0 Å². The lowest BCUT2D eigenvalue weighted by Crippen LogP contribution is -2.17. The Bertz CT molecular complexity index is 1090. The predicted octanol–water partition coefficient (Wildman–Crippen LogP) is 4.70. The van der Waals surface area contributed by atoms with Crippen molar-refractivity contribution in [3.63, 3.8) is 0 Å². The molecule has 0 saturated carbocycles. The van der Waals surface area contributed by atoms with Gasteiger partial charge >= 0.3 is 0 Å². The number of amides is 2. The van der Waals surface area contributed by atoms with E-state index in [4.69, 9.17) is 4.42 Å². The normalized spacial score (nSPS) is 16.4. The molecule has 1 aromatic carbocycles. The summed E-state index contributed by atoms with van der Waals surface area (Å²) >= 11 is 2.28. The van der Waals surface area contributed by atoms with Gasteiger partial charge in [0.15, 0.2) is 0 Å². The van der Waals surface area contributed by atoms with E-state index in [-0.39, 0.29) is 11.1 Å². The van der Waals surface area contributed by atoms with Crippen LogP contribution in [0.25, 0.3) is 17.5 Å². The zero-order valence-electron chi connectivity index (χ0n) is 15.5. The molecule has 1 aliphatic heterocycles. The molecule has 0 bridgehead atoms. The summed E-state index contributed by atoms with van der Waals surface area (Å²) in [4.78, 5) is 29.4. The molecular weight excluding hydrogens is 408 g/mol. The Morgan fingerprint density at radius 2 is 2.00 bits per heavy atom. The quantitative estimate of drug-likeness (QED) is 0.555. The fourth-order valence-corrected chi connectivity index (χ4v) is 4.68. The fraction of sp³-hybridized carbons (Fsp3) is 0.190. The van der Waals surface area contributed by atoms with Gasteiger partial charge in [-0.1, -0.05) is 18.2 Å². The molecule has 0 aliphatic carbocycles. The van der Waals surface area contributed by atoms with Crippen molar-refractivity contribution in [2.24, 2.45) is 0 Å². The average molecular weight is 427 g/mol. The number of carbonyl (C=O) groups is 2. The lowest BCUT2D eigenvalue weighted by Gasteiger charge is -2.06. The first-order chi connectivity index (χ1) is 14.0. The monoisotopic (exact) mass is 426 g/mol. The van der Waals surface area contributed by atoms with E-state index in [2.05, 4.69) is 10.3 Å². The number of hydrogen-bond acceptors (Lipinski definition) is 7. The molecule has 1 fully saturated rings. The minimum Gasteiger partial charge on any atom is -0.441 e. The van der Waals surface area contributed by atoms with E-state index in [1.807, 2.05) is 49.4 Å². The highest BCUT2D eigenvalue weighted by Gasteiger charge is 2.25. The number of carbonyl (C=O) groups excluding carboxylic acids is 2. The van der Waals surface area contributed by atoms with Crippen LogP contribution >= 0.6 is 23.1 Å². The smallest absolute Gasteiger partial charge is 0.290 e. The number of oxazole rings is 1. The van der Waals surface area contributed by atoms with Crippen molar-refractivity contribution in [3.05, 3.63) is 68.6 Å². The van der Waals surface area contributed by atoms with Crippen LogP contribution in [0.15, 0.2) is 51.8 Å². The van der Waals surface area contributed by atoms with Gasteiger partial charge < -0.3 is 9.52 Å². The highest BCUT2D eigenvalue weighted by atomic mass is 32.2. The largest absolute Gasteiger partial charge is 0.441 e. The molecule has 3 aromatic rings. The number of benzene rings is 1. The highest BCUT2D eigenvalue weighted by molar-refractivity contribution is 8.18. The molecular formula is C21H18N2O4S2. The van der Waals surface area contributed by atoms with Gasteiger partial charge in [0.2, 0.25) is 5.89 Å². The number of aromatic nitrogens is 1. The molecule has 29 heavy (non-hydrogen) atoms. The number of aliphatic hydroxyl groups excluding tert-OH is 1. The van der Waals surface area contributed by atoms with E-state index in [0.29, 0.717) is 23.6 Å². The fourth-order valence-electron chi connectivity index (χ4n) is 2.96. The van der Waals surface area contributed by atoms with Gasteiger partial charge in [-0.25, -0.2) is 4.98 Å². The van der Waals surface area contributed by atoms with E-state index in [0.717, 1.165) is 38.5 Å². The van der Waals surface area contributed by atoms with Crippen molar-refractivity contribution in [1.82, 2.24) is 10.3 Å². The maximum Gasteiger partial charge on any atom is 0.290 e. The summed E-state index contributed by atoms with van der Waals surface area (Å²) in [7, 11) is 0. The van der Waals surface area contributed by atoms with Crippen molar-refractivity contribution in [1.29, 1.82) is 0 Å². The number of imide groups is 1. The van der Waals surface area contributed by atoms with Crippen LogP contribution in [0.1, 0.15) is 33.7 Å². The molecule has 1 atom stereocenters. The summed E-state index contributed by atoms with van der Waals surface area (Å²) < 4.78 is 5.77. The van der Waals surface area contributed by atoms with Gasteiger partial charge in [0.25, 0.3) is 11.1 Å². The van der Waals surface area contributed by atoms with Crippen LogP contribution in [0.5, 0.6) is 0 Å². The van der Waals surface area contributed by atoms with Crippen LogP contribution in [-0.2, 0) is 11.2 Å². The summed E-state index contributed by atoms with van der Waals surface area (Å²) in [6.45, 7) is 1.88. The molecule has 1 unspecified atom stereocenters. The molecule has 1 aliphatic rings. The second-order valence-corrected chi connectivity index (χ2v) is 8.70. The summed E-state index contributed by atoms with van der Waals surface area (Å²) in [5.41, 5.74) is 1.75. The summed E-state index contributed by atoms with van der Waals surface area (Å²) in [6.07, 6.45) is 2.12. The highest BCUT2D eigenvalue weighted by Crippen LogP contribution is 2.32. The Balaban J connectivity index is 1.41. The number of rotatable bonds is 6. The standard InChI is InChI=1S/C21H18N2O4S2/c1-12-15(22-20(27-12)13-5-3-2-4-6-13)8-9-16(24)17-10-7-14(28-17)11-18-19(25)23-21(26)29-18/h2-7,10-11,16,24H,8-9H2,1H3,(H,23,25,26)/b18-11+. The van der Waals surface area contributed by atoms with Crippen molar-refractivity contribution < 1.29 is 19.1 Å². The molecule has 8 heteroatoms. The molecule has 4 rings (SSSR count). The molecule has 6 nitrogen and oxygen atoms in total. The van der Waals surface area contributed by atoms with E-state index in [1.165, 1.54) is 11.3 Å². The van der Waals surface area contributed by atoms with E-state index < -0.39 is 6.10 Å². The van der Waals surface area contributed by atoms with Crippen LogP contribution in [-0.4, -0.2) is 21.2 Å². The maximum absolute atomic E-state index is 11.6. The molecule has 148 valence electrons. The SMILES string of the molecule is Cc1oc(-c2ccccc2)nc1CCC(O)c1ccc(/C=C2/SC(=O)NC2=O)s1. The number of thioether (sulfide) groups is 1. The number of aryl methyl sites for hydroxylation is 2. The molecule has 0 radical (unpaired) electrons. The molecule has 0 spiro atoms. The van der Waals surface area contributed by atoms with Gasteiger partial charge in [0.1, 0.15) is 5.76 Å². The number of hydrogen-bond donors (Lipinski definition) is 2. The molecule has 2 N–H and O–H groups in total.